The normalized spacial score (nSPS) is 56.0. The number of hydrogen-bond donors (Lipinski definition) is 2. The Labute approximate surface area is 184 Å². The van der Waals surface area contributed by atoms with Crippen LogP contribution >= 0.6 is 0 Å². The minimum absolute atomic E-state index is 0.0425. The lowest BCUT2D eigenvalue weighted by molar-refractivity contribution is -0.130. The summed E-state index contributed by atoms with van der Waals surface area (Å²) in [5.74, 6) is 5.13. The monoisotopic (exact) mass is 418 g/mol. The van der Waals surface area contributed by atoms with Crippen molar-refractivity contribution in [3.63, 3.8) is 0 Å². The van der Waals surface area contributed by atoms with Gasteiger partial charge in [0.1, 0.15) is 0 Å². The molecule has 12 atom stereocenters. The average Bonchev–Trinajstić information content (AvgIpc) is 3.20. The van der Waals surface area contributed by atoms with Crippen LogP contribution in [0, 0.1) is 52.3 Å². The second-order valence-corrected chi connectivity index (χ2v) is 12.8. The quantitative estimate of drug-likeness (QED) is 0.640. The predicted octanol–water partition coefficient (Wildman–Crippen LogP) is 5.43. The number of aliphatic hydroxyl groups excluding tert-OH is 2. The molecule has 4 aliphatic carbocycles. The van der Waals surface area contributed by atoms with Crippen LogP contribution in [0.1, 0.15) is 91.9 Å². The summed E-state index contributed by atoms with van der Waals surface area (Å²) < 4.78 is 6.76. The Morgan fingerprint density at radius 3 is 2.53 bits per heavy atom. The Bertz CT molecular complexity index is 636. The van der Waals surface area contributed by atoms with Gasteiger partial charge in [-0.3, -0.25) is 0 Å². The highest BCUT2D eigenvalue weighted by Gasteiger charge is 2.65. The Hall–Kier alpha value is -0.120. The van der Waals surface area contributed by atoms with Gasteiger partial charge in [0.25, 0.3) is 0 Å². The first kappa shape index (κ1) is 21.7. The number of aliphatic hydroxyl groups is 2. The second-order valence-electron chi connectivity index (χ2n) is 12.8. The lowest BCUT2D eigenvalue weighted by atomic mass is 9.44. The van der Waals surface area contributed by atoms with Gasteiger partial charge in [-0.05, 0) is 116 Å². The molecule has 0 bridgehead atoms. The van der Waals surface area contributed by atoms with Gasteiger partial charge in [0.2, 0.25) is 0 Å². The van der Waals surface area contributed by atoms with Gasteiger partial charge in [0.15, 0.2) is 0 Å². The summed E-state index contributed by atoms with van der Waals surface area (Å²) in [6, 6.07) is 0. The van der Waals surface area contributed by atoms with E-state index in [0.29, 0.717) is 41.5 Å². The minimum Gasteiger partial charge on any atom is -0.396 e. The van der Waals surface area contributed by atoms with Gasteiger partial charge in [0.05, 0.1) is 18.3 Å². The van der Waals surface area contributed by atoms with E-state index in [1.807, 2.05) is 0 Å². The van der Waals surface area contributed by atoms with Crippen molar-refractivity contribution in [2.75, 3.05) is 6.61 Å². The molecule has 3 heteroatoms. The fourth-order valence-corrected chi connectivity index (χ4v) is 9.79. The molecule has 2 N–H and O–H groups in total. The van der Waals surface area contributed by atoms with Crippen molar-refractivity contribution in [2.24, 2.45) is 52.3 Å². The average molecular weight is 419 g/mol. The highest BCUT2D eigenvalue weighted by molar-refractivity contribution is 5.14. The van der Waals surface area contributed by atoms with Gasteiger partial charge in [-0.1, -0.05) is 27.7 Å². The van der Waals surface area contributed by atoms with Crippen molar-refractivity contribution in [3.8, 4) is 0 Å². The summed E-state index contributed by atoms with van der Waals surface area (Å²) >= 11 is 0. The number of hydrogen-bond acceptors (Lipinski definition) is 3. The third-order valence-corrected chi connectivity index (χ3v) is 11.5. The SMILES string of the molecule is C[C@@H](CO)CC[C@H]1O[C@H]2C[C@H]3[C@@H]4CC[C@@H]5C[C@@H](O)CC[C@]5(C)[C@H]4CC[C@]3(C)[C@H]2[C@@H]1C. The lowest BCUT2D eigenvalue weighted by Crippen LogP contribution is -2.54. The van der Waals surface area contributed by atoms with E-state index in [1.165, 1.54) is 38.5 Å². The molecule has 0 amide bonds. The fraction of sp³-hybridized carbons (Fsp3) is 1.00. The molecule has 1 heterocycles. The van der Waals surface area contributed by atoms with E-state index in [1.54, 1.807) is 0 Å². The van der Waals surface area contributed by atoms with Crippen LogP contribution < -0.4 is 0 Å². The zero-order valence-corrected chi connectivity index (χ0v) is 19.9. The summed E-state index contributed by atoms with van der Waals surface area (Å²) in [5, 5.41) is 19.7. The molecule has 0 radical (unpaired) electrons. The molecule has 5 aliphatic rings. The molecule has 1 saturated heterocycles. The molecule has 0 aromatic heterocycles. The summed E-state index contributed by atoms with van der Waals surface area (Å²) in [7, 11) is 0. The van der Waals surface area contributed by atoms with Crippen LogP contribution in [-0.4, -0.2) is 35.1 Å². The Balaban J connectivity index is 1.32. The molecule has 3 nitrogen and oxygen atoms in total. The maximum absolute atomic E-state index is 10.3. The Morgan fingerprint density at radius 1 is 1.00 bits per heavy atom. The molecular weight excluding hydrogens is 372 g/mol. The van der Waals surface area contributed by atoms with Gasteiger partial charge in [0, 0.05) is 6.61 Å². The second kappa shape index (κ2) is 7.73. The van der Waals surface area contributed by atoms with Gasteiger partial charge >= 0.3 is 0 Å². The zero-order chi connectivity index (χ0) is 21.3. The largest absolute Gasteiger partial charge is 0.396 e. The van der Waals surface area contributed by atoms with Crippen molar-refractivity contribution >= 4 is 0 Å². The molecule has 1 aliphatic heterocycles. The highest BCUT2D eigenvalue weighted by atomic mass is 16.5. The van der Waals surface area contributed by atoms with Crippen LogP contribution in [0.5, 0.6) is 0 Å². The van der Waals surface area contributed by atoms with E-state index in [4.69, 9.17) is 4.74 Å². The first-order chi connectivity index (χ1) is 14.3. The van der Waals surface area contributed by atoms with E-state index in [2.05, 4.69) is 27.7 Å². The lowest BCUT2D eigenvalue weighted by Gasteiger charge is -2.61. The summed E-state index contributed by atoms with van der Waals surface area (Å²) in [4.78, 5) is 0. The van der Waals surface area contributed by atoms with E-state index in [0.717, 1.165) is 55.3 Å². The van der Waals surface area contributed by atoms with Crippen LogP contribution in [0.25, 0.3) is 0 Å². The van der Waals surface area contributed by atoms with E-state index in [-0.39, 0.29) is 6.10 Å². The molecule has 0 aromatic carbocycles. The molecule has 5 fully saturated rings. The van der Waals surface area contributed by atoms with Crippen molar-refractivity contribution in [1.82, 2.24) is 0 Å². The van der Waals surface area contributed by atoms with Crippen molar-refractivity contribution in [3.05, 3.63) is 0 Å². The third-order valence-electron chi connectivity index (χ3n) is 11.5. The molecule has 0 spiro atoms. The maximum atomic E-state index is 10.3. The fourth-order valence-electron chi connectivity index (χ4n) is 9.79. The van der Waals surface area contributed by atoms with E-state index < -0.39 is 0 Å². The van der Waals surface area contributed by atoms with Crippen molar-refractivity contribution in [1.29, 1.82) is 0 Å². The Morgan fingerprint density at radius 2 is 1.77 bits per heavy atom. The molecule has 0 unspecified atom stereocenters. The summed E-state index contributed by atoms with van der Waals surface area (Å²) in [5.41, 5.74) is 0.927. The highest BCUT2D eigenvalue weighted by Crippen LogP contribution is 2.70. The molecule has 30 heavy (non-hydrogen) atoms. The minimum atomic E-state index is -0.0425. The van der Waals surface area contributed by atoms with Gasteiger partial charge in [-0.2, -0.15) is 0 Å². The molecular formula is C27H46O3. The van der Waals surface area contributed by atoms with Gasteiger partial charge in [-0.25, -0.2) is 0 Å². The van der Waals surface area contributed by atoms with Crippen LogP contribution in [0.3, 0.4) is 0 Å². The molecule has 0 aromatic rings. The molecule has 172 valence electrons. The first-order valence-corrected chi connectivity index (χ1v) is 13.2. The topological polar surface area (TPSA) is 49.7 Å². The van der Waals surface area contributed by atoms with E-state index in [9.17, 15) is 10.2 Å². The van der Waals surface area contributed by atoms with Gasteiger partial charge in [-0.15, -0.1) is 0 Å². The number of ether oxygens (including phenoxy) is 1. The Kier molecular flexibility index (Phi) is 5.60. The van der Waals surface area contributed by atoms with Gasteiger partial charge < -0.3 is 14.9 Å². The van der Waals surface area contributed by atoms with Crippen molar-refractivity contribution in [2.45, 2.75) is 110 Å². The molecule has 4 saturated carbocycles. The number of fused-ring (bicyclic) bond motifs is 7. The summed E-state index contributed by atoms with van der Waals surface area (Å²) in [6.45, 7) is 10.2. The number of rotatable bonds is 4. The first-order valence-electron chi connectivity index (χ1n) is 13.2. The standard InChI is InChI=1S/C27H46O3/c1-16(15-28)5-8-23-17(2)25-24(30-23)14-22-20-7-6-18-13-19(29)9-11-26(18,3)21(20)10-12-27(22,25)4/h16-25,28-29H,5-15H2,1-4H3/t16-,17-,18-,19+,20-,21+,22+,23-,24+,25+,26+,27+/m1/s1. The van der Waals surface area contributed by atoms with Crippen molar-refractivity contribution < 1.29 is 14.9 Å². The predicted molar refractivity (Wildman–Crippen MR) is 120 cm³/mol. The third kappa shape index (κ3) is 3.16. The van der Waals surface area contributed by atoms with Crippen LogP contribution in [0.2, 0.25) is 0 Å². The maximum Gasteiger partial charge on any atom is 0.0618 e. The smallest absolute Gasteiger partial charge is 0.0618 e. The summed E-state index contributed by atoms with van der Waals surface area (Å²) in [6.07, 6.45) is 13.2. The van der Waals surface area contributed by atoms with Crippen LogP contribution in [0.15, 0.2) is 0 Å². The van der Waals surface area contributed by atoms with Crippen LogP contribution in [-0.2, 0) is 4.74 Å². The molecule has 5 rings (SSSR count). The zero-order valence-electron chi connectivity index (χ0n) is 19.9. The van der Waals surface area contributed by atoms with E-state index >= 15 is 0 Å². The van der Waals surface area contributed by atoms with Crippen LogP contribution in [0.4, 0.5) is 0 Å².